The molecule has 1 aliphatic rings. The quantitative estimate of drug-likeness (QED) is 0.443. The van der Waals surface area contributed by atoms with Gasteiger partial charge in [0.1, 0.15) is 5.60 Å². The minimum absolute atomic E-state index is 0.0606. The van der Waals surface area contributed by atoms with Gasteiger partial charge in [0.2, 0.25) is 0 Å². The molecule has 0 spiro atoms. The van der Waals surface area contributed by atoms with Gasteiger partial charge in [-0.2, -0.15) is 13.2 Å². The maximum Gasteiger partial charge on any atom is 0.389 e. The average Bonchev–Trinajstić information content (AvgIpc) is 2.67. The van der Waals surface area contributed by atoms with Gasteiger partial charge >= 0.3 is 12.1 Å². The van der Waals surface area contributed by atoms with Crippen molar-refractivity contribution in [1.82, 2.24) is 0 Å². The number of hydrogen-bond donors (Lipinski definition) is 0. The molecular formula is C9H12ClF3O3. The summed E-state index contributed by atoms with van der Waals surface area (Å²) >= 11 is 5.77. The molecule has 2 atom stereocenters. The molecule has 1 fully saturated rings. The van der Waals surface area contributed by atoms with E-state index in [0.717, 1.165) is 7.11 Å². The molecule has 1 saturated heterocycles. The predicted molar refractivity (Wildman–Crippen MR) is 50.0 cm³/mol. The summed E-state index contributed by atoms with van der Waals surface area (Å²) in [7, 11) is 1.14. The molecule has 0 aromatic carbocycles. The van der Waals surface area contributed by atoms with E-state index >= 15 is 0 Å². The van der Waals surface area contributed by atoms with E-state index < -0.39 is 29.2 Å². The third-order valence-electron chi connectivity index (χ3n) is 2.57. The molecule has 0 aromatic heterocycles. The smallest absolute Gasteiger partial charge is 0.389 e. The highest BCUT2D eigenvalue weighted by molar-refractivity contribution is 6.35. The number of epoxide rings is 1. The Balaban J connectivity index is 2.43. The van der Waals surface area contributed by atoms with Crippen LogP contribution in [0.1, 0.15) is 26.2 Å². The first-order valence-corrected chi connectivity index (χ1v) is 5.07. The minimum Gasteiger partial charge on any atom is -0.466 e. The van der Waals surface area contributed by atoms with Crippen LogP contribution in [0.5, 0.6) is 0 Å². The highest BCUT2D eigenvalue weighted by Crippen LogP contribution is 2.55. The van der Waals surface area contributed by atoms with Crippen LogP contribution in [0, 0.1) is 0 Å². The van der Waals surface area contributed by atoms with Crippen LogP contribution in [0.2, 0.25) is 0 Å². The Morgan fingerprint density at radius 1 is 1.50 bits per heavy atom. The first kappa shape index (κ1) is 13.6. The van der Waals surface area contributed by atoms with Crippen LogP contribution in [-0.2, 0) is 14.3 Å². The van der Waals surface area contributed by atoms with E-state index in [0.29, 0.717) is 0 Å². The van der Waals surface area contributed by atoms with Crippen molar-refractivity contribution in [3.05, 3.63) is 0 Å². The van der Waals surface area contributed by atoms with Gasteiger partial charge in [-0.1, -0.05) is 11.6 Å². The highest BCUT2D eigenvalue weighted by Gasteiger charge is 2.72. The second-order valence-electron chi connectivity index (χ2n) is 3.89. The second kappa shape index (κ2) is 4.07. The van der Waals surface area contributed by atoms with Crippen molar-refractivity contribution in [2.75, 3.05) is 7.11 Å². The maximum atomic E-state index is 11.9. The molecule has 2 unspecified atom stereocenters. The van der Waals surface area contributed by atoms with Crippen molar-refractivity contribution in [1.29, 1.82) is 0 Å². The molecule has 1 rings (SSSR count). The Labute approximate surface area is 95.8 Å². The highest BCUT2D eigenvalue weighted by atomic mass is 35.5. The lowest BCUT2D eigenvalue weighted by Gasteiger charge is -2.10. The van der Waals surface area contributed by atoms with E-state index in [9.17, 15) is 18.0 Å². The van der Waals surface area contributed by atoms with Crippen molar-refractivity contribution in [3.8, 4) is 0 Å². The fourth-order valence-corrected chi connectivity index (χ4v) is 1.85. The van der Waals surface area contributed by atoms with Gasteiger partial charge in [-0.3, -0.25) is 0 Å². The van der Waals surface area contributed by atoms with E-state index in [1.165, 1.54) is 6.92 Å². The van der Waals surface area contributed by atoms with Crippen LogP contribution in [0.3, 0.4) is 0 Å². The summed E-state index contributed by atoms with van der Waals surface area (Å²) < 4.78 is 45.1. The fourth-order valence-electron chi connectivity index (χ4n) is 1.51. The lowest BCUT2D eigenvalue weighted by atomic mass is 9.99. The van der Waals surface area contributed by atoms with E-state index in [-0.39, 0.29) is 12.8 Å². The lowest BCUT2D eigenvalue weighted by molar-refractivity contribution is -0.143. The van der Waals surface area contributed by atoms with Crippen LogP contribution >= 0.6 is 11.6 Å². The number of esters is 1. The van der Waals surface area contributed by atoms with Gasteiger partial charge in [-0.25, -0.2) is 4.79 Å². The number of carbonyl (C=O) groups excluding carboxylic acids is 1. The molecule has 0 saturated carbocycles. The third kappa shape index (κ3) is 2.60. The van der Waals surface area contributed by atoms with Gasteiger partial charge in [-0.15, -0.1) is 0 Å². The zero-order valence-electron chi connectivity index (χ0n) is 8.86. The molecule has 0 bridgehead atoms. The molecular weight excluding hydrogens is 249 g/mol. The van der Waals surface area contributed by atoms with Gasteiger partial charge in [0.05, 0.1) is 7.11 Å². The summed E-state index contributed by atoms with van der Waals surface area (Å²) in [4.78, 5) is 11.2. The number of ether oxygens (including phenoxy) is 2. The molecule has 0 radical (unpaired) electrons. The predicted octanol–water partition coefficient (Wildman–Crippen LogP) is 2.62. The van der Waals surface area contributed by atoms with Crippen molar-refractivity contribution in [3.63, 3.8) is 0 Å². The summed E-state index contributed by atoms with van der Waals surface area (Å²) in [5, 5.41) is -1.62. The molecule has 1 aliphatic heterocycles. The summed E-state index contributed by atoms with van der Waals surface area (Å²) in [5.41, 5.74) is -1.06. The Morgan fingerprint density at radius 2 is 2.06 bits per heavy atom. The van der Waals surface area contributed by atoms with E-state index in [1.807, 2.05) is 0 Å². The number of halogens is 4. The van der Waals surface area contributed by atoms with Crippen LogP contribution < -0.4 is 0 Å². The zero-order valence-corrected chi connectivity index (χ0v) is 9.61. The van der Waals surface area contributed by atoms with E-state index in [4.69, 9.17) is 16.3 Å². The first-order valence-electron chi connectivity index (χ1n) is 4.69. The van der Waals surface area contributed by atoms with Crippen molar-refractivity contribution >= 4 is 17.6 Å². The van der Waals surface area contributed by atoms with Crippen molar-refractivity contribution in [2.45, 2.75) is 43.0 Å². The Morgan fingerprint density at radius 3 is 2.50 bits per heavy atom. The number of rotatable bonds is 4. The van der Waals surface area contributed by atoms with E-state index in [2.05, 4.69) is 4.74 Å². The van der Waals surface area contributed by atoms with E-state index in [1.54, 1.807) is 0 Å². The number of methoxy groups -OCH3 is 1. The first-order chi connectivity index (χ1) is 7.15. The summed E-state index contributed by atoms with van der Waals surface area (Å²) in [5.74, 6) is -0.774. The van der Waals surface area contributed by atoms with Gasteiger partial charge in [0, 0.05) is 6.42 Å². The Kier molecular flexibility index (Phi) is 3.45. The fraction of sp³-hybridized carbons (Fsp3) is 0.889. The normalized spacial score (nSPS) is 33.6. The standard InChI is InChI=1S/C9H12ClF3O3/c1-7(4-3-5-8(11,12)13)9(10,16-7)6(14)15-2/h3-5H2,1-2H3. The Hall–Kier alpha value is -0.490. The molecule has 0 amide bonds. The zero-order chi connectivity index (χ0) is 12.6. The lowest BCUT2D eigenvalue weighted by Crippen LogP contribution is -2.28. The van der Waals surface area contributed by atoms with Gasteiger partial charge < -0.3 is 9.47 Å². The number of hydrogen-bond acceptors (Lipinski definition) is 3. The third-order valence-corrected chi connectivity index (χ3v) is 3.20. The second-order valence-corrected chi connectivity index (χ2v) is 4.42. The minimum atomic E-state index is -4.20. The van der Waals surface area contributed by atoms with Crippen LogP contribution in [-0.4, -0.2) is 29.9 Å². The van der Waals surface area contributed by atoms with Crippen molar-refractivity contribution in [2.24, 2.45) is 0 Å². The molecule has 1 heterocycles. The summed E-state index contributed by atoms with van der Waals surface area (Å²) in [6.07, 6.45) is -5.19. The molecule has 0 aliphatic carbocycles. The Bertz CT molecular complexity index is 294. The van der Waals surface area contributed by atoms with Gasteiger partial charge in [0.15, 0.2) is 0 Å². The number of alkyl halides is 4. The monoisotopic (exact) mass is 260 g/mol. The van der Waals surface area contributed by atoms with Crippen molar-refractivity contribution < 1.29 is 27.4 Å². The largest absolute Gasteiger partial charge is 0.466 e. The van der Waals surface area contributed by atoms with Crippen LogP contribution in [0.15, 0.2) is 0 Å². The molecule has 3 nitrogen and oxygen atoms in total. The van der Waals surface area contributed by atoms with Crippen LogP contribution in [0.4, 0.5) is 13.2 Å². The SMILES string of the molecule is COC(=O)C1(Cl)OC1(C)CCCC(F)(F)F. The van der Waals surface area contributed by atoms with Gasteiger partial charge in [-0.05, 0) is 19.8 Å². The molecule has 16 heavy (non-hydrogen) atoms. The van der Waals surface area contributed by atoms with Gasteiger partial charge in [0.25, 0.3) is 5.06 Å². The van der Waals surface area contributed by atoms with Crippen LogP contribution in [0.25, 0.3) is 0 Å². The molecule has 94 valence electrons. The number of carbonyl (C=O) groups is 1. The summed E-state index contributed by atoms with van der Waals surface area (Å²) in [6, 6.07) is 0. The maximum absolute atomic E-state index is 11.9. The molecule has 0 aromatic rings. The summed E-state index contributed by atoms with van der Waals surface area (Å²) in [6.45, 7) is 1.49. The molecule has 0 N–H and O–H groups in total. The topological polar surface area (TPSA) is 38.8 Å². The average molecular weight is 261 g/mol. The molecule has 7 heteroatoms.